The molecule has 0 aliphatic carbocycles. The largest absolute Gasteiger partial charge is 0.355 e. The Labute approximate surface area is 172 Å². The van der Waals surface area contributed by atoms with E-state index in [-0.39, 0.29) is 15.6 Å². The molecule has 1 aliphatic heterocycles. The van der Waals surface area contributed by atoms with Gasteiger partial charge in [-0.2, -0.15) is 4.52 Å². The summed E-state index contributed by atoms with van der Waals surface area (Å²) in [6.07, 6.45) is 4.67. The van der Waals surface area contributed by atoms with E-state index in [1.54, 1.807) is 40.1 Å². The fourth-order valence-electron chi connectivity index (χ4n) is 3.81. The standard InChI is InChI=1S/C20H21N5O2S2/c1-14-6-8-15(9-7-14)29(26,27)20-19-21-18(24-11-4-2-3-5-12-24)17-16(10-13-28-17)25(19)23-22-20/h6-10,13H,2-5,11-12H2,1H3. The zero-order valence-electron chi connectivity index (χ0n) is 16.1. The summed E-state index contributed by atoms with van der Waals surface area (Å²) in [4.78, 5) is 7.29. The summed E-state index contributed by atoms with van der Waals surface area (Å²) >= 11 is 1.60. The van der Waals surface area contributed by atoms with Crippen molar-refractivity contribution in [1.82, 2.24) is 19.8 Å². The molecule has 29 heavy (non-hydrogen) atoms. The Kier molecular flexibility index (Phi) is 4.51. The summed E-state index contributed by atoms with van der Waals surface area (Å²) in [5.74, 6) is 0.840. The normalized spacial score (nSPS) is 15.8. The van der Waals surface area contributed by atoms with Crippen molar-refractivity contribution < 1.29 is 8.42 Å². The Bertz CT molecular complexity index is 1280. The van der Waals surface area contributed by atoms with Crippen LogP contribution < -0.4 is 4.90 Å². The van der Waals surface area contributed by atoms with E-state index in [0.29, 0.717) is 0 Å². The van der Waals surface area contributed by atoms with Crippen molar-refractivity contribution in [1.29, 1.82) is 0 Å². The van der Waals surface area contributed by atoms with Crippen LogP contribution in [0.2, 0.25) is 0 Å². The Morgan fingerprint density at radius 3 is 2.45 bits per heavy atom. The number of aromatic nitrogens is 4. The Hall–Kier alpha value is -2.52. The van der Waals surface area contributed by atoms with E-state index in [2.05, 4.69) is 15.2 Å². The number of hydrogen-bond donors (Lipinski definition) is 0. The van der Waals surface area contributed by atoms with E-state index in [9.17, 15) is 8.42 Å². The number of aryl methyl sites for hydroxylation is 1. The van der Waals surface area contributed by atoms with Gasteiger partial charge in [0.1, 0.15) is 0 Å². The average molecular weight is 428 g/mol. The van der Waals surface area contributed by atoms with Gasteiger partial charge in [-0.1, -0.05) is 35.8 Å². The van der Waals surface area contributed by atoms with E-state index in [0.717, 1.165) is 47.5 Å². The van der Waals surface area contributed by atoms with Gasteiger partial charge in [-0.25, -0.2) is 13.4 Å². The minimum absolute atomic E-state index is 0.0921. The molecule has 1 saturated heterocycles. The molecular weight excluding hydrogens is 406 g/mol. The highest BCUT2D eigenvalue weighted by Gasteiger charge is 2.28. The number of nitrogens with zero attached hydrogens (tertiary/aromatic N) is 5. The van der Waals surface area contributed by atoms with Gasteiger partial charge < -0.3 is 4.90 Å². The van der Waals surface area contributed by atoms with Crippen LogP contribution >= 0.6 is 11.3 Å². The van der Waals surface area contributed by atoms with Crippen LogP contribution in [-0.4, -0.2) is 41.3 Å². The number of anilines is 1. The highest BCUT2D eigenvalue weighted by molar-refractivity contribution is 7.91. The number of hydrogen-bond acceptors (Lipinski definition) is 7. The molecule has 7 nitrogen and oxygen atoms in total. The summed E-state index contributed by atoms with van der Waals surface area (Å²) < 4.78 is 29.1. The Balaban J connectivity index is 1.72. The van der Waals surface area contributed by atoms with Crippen LogP contribution in [0.25, 0.3) is 15.9 Å². The average Bonchev–Trinajstić information content (AvgIpc) is 3.28. The first-order chi connectivity index (χ1) is 14.1. The van der Waals surface area contributed by atoms with Crippen LogP contribution in [0.15, 0.2) is 45.6 Å². The van der Waals surface area contributed by atoms with Crippen LogP contribution in [0, 0.1) is 6.92 Å². The number of fused-ring (bicyclic) bond motifs is 3. The molecule has 0 bridgehead atoms. The molecular formula is C20H21N5O2S2. The Morgan fingerprint density at radius 1 is 1.00 bits per heavy atom. The molecule has 150 valence electrons. The second-order valence-corrected chi connectivity index (χ2v) is 10.2. The molecule has 3 aromatic heterocycles. The summed E-state index contributed by atoms with van der Waals surface area (Å²) in [5, 5.41) is 10.1. The van der Waals surface area contributed by atoms with Gasteiger partial charge in [0.25, 0.3) is 0 Å². The van der Waals surface area contributed by atoms with Crippen LogP contribution in [0.4, 0.5) is 5.82 Å². The lowest BCUT2D eigenvalue weighted by Crippen LogP contribution is -2.25. The monoisotopic (exact) mass is 427 g/mol. The lowest BCUT2D eigenvalue weighted by molar-refractivity contribution is 0.592. The first-order valence-electron chi connectivity index (χ1n) is 9.75. The first-order valence-corrected chi connectivity index (χ1v) is 12.1. The summed E-state index contributed by atoms with van der Waals surface area (Å²) in [7, 11) is -3.82. The van der Waals surface area contributed by atoms with Gasteiger partial charge in [0.2, 0.25) is 14.9 Å². The smallest absolute Gasteiger partial charge is 0.229 e. The first kappa shape index (κ1) is 18.5. The minimum Gasteiger partial charge on any atom is -0.355 e. The SMILES string of the molecule is Cc1ccc(S(=O)(=O)c2nnn3c2nc(N2CCCCCC2)c2sccc23)cc1. The molecule has 5 rings (SSSR count). The maximum atomic E-state index is 13.3. The van der Waals surface area contributed by atoms with Gasteiger partial charge >= 0.3 is 0 Å². The second kappa shape index (κ2) is 7.07. The zero-order valence-corrected chi connectivity index (χ0v) is 17.7. The van der Waals surface area contributed by atoms with Crippen molar-refractivity contribution >= 4 is 42.9 Å². The van der Waals surface area contributed by atoms with Gasteiger partial charge in [-0.3, -0.25) is 0 Å². The van der Waals surface area contributed by atoms with Crippen LogP contribution in [0.1, 0.15) is 31.2 Å². The zero-order chi connectivity index (χ0) is 20.0. The third kappa shape index (κ3) is 3.08. The number of sulfone groups is 1. The predicted octanol–water partition coefficient (Wildman–Crippen LogP) is 3.86. The molecule has 4 heterocycles. The summed E-state index contributed by atoms with van der Waals surface area (Å²) in [6, 6.07) is 8.73. The van der Waals surface area contributed by atoms with Crippen molar-refractivity contribution in [3.8, 4) is 0 Å². The molecule has 9 heteroatoms. The summed E-state index contributed by atoms with van der Waals surface area (Å²) in [6.45, 7) is 3.78. The molecule has 1 aliphatic rings. The van der Waals surface area contributed by atoms with Gasteiger partial charge in [-0.15, -0.1) is 16.4 Å². The van der Waals surface area contributed by atoms with E-state index in [4.69, 9.17) is 4.98 Å². The van der Waals surface area contributed by atoms with Crippen molar-refractivity contribution in [3.05, 3.63) is 41.3 Å². The van der Waals surface area contributed by atoms with Crippen LogP contribution in [0.5, 0.6) is 0 Å². The number of benzene rings is 1. The van der Waals surface area contributed by atoms with Gasteiger partial charge in [0, 0.05) is 13.1 Å². The fraction of sp³-hybridized carbons (Fsp3) is 0.350. The molecule has 0 saturated carbocycles. The molecule has 4 aromatic rings. The third-order valence-electron chi connectivity index (χ3n) is 5.40. The maximum Gasteiger partial charge on any atom is 0.229 e. The molecule has 0 radical (unpaired) electrons. The second-order valence-electron chi connectivity index (χ2n) is 7.42. The van der Waals surface area contributed by atoms with E-state index in [1.807, 2.05) is 18.4 Å². The van der Waals surface area contributed by atoms with E-state index >= 15 is 0 Å². The predicted molar refractivity (Wildman–Crippen MR) is 113 cm³/mol. The highest BCUT2D eigenvalue weighted by atomic mass is 32.2. The molecule has 0 unspecified atom stereocenters. The number of rotatable bonds is 3. The van der Waals surface area contributed by atoms with Crippen molar-refractivity contribution in [3.63, 3.8) is 0 Å². The quantitative estimate of drug-likeness (QED) is 0.494. The lowest BCUT2D eigenvalue weighted by atomic mass is 10.2. The van der Waals surface area contributed by atoms with Crippen LogP contribution in [-0.2, 0) is 9.84 Å². The molecule has 1 fully saturated rings. The van der Waals surface area contributed by atoms with Gasteiger partial charge in [0.15, 0.2) is 11.5 Å². The maximum absolute atomic E-state index is 13.3. The van der Waals surface area contributed by atoms with Gasteiger partial charge in [0.05, 0.1) is 15.1 Å². The molecule has 0 amide bonds. The molecule has 0 spiro atoms. The Morgan fingerprint density at radius 2 is 1.72 bits per heavy atom. The molecule has 1 aromatic carbocycles. The van der Waals surface area contributed by atoms with Crippen molar-refractivity contribution in [2.24, 2.45) is 0 Å². The van der Waals surface area contributed by atoms with E-state index < -0.39 is 9.84 Å². The fourth-order valence-corrected chi connectivity index (χ4v) is 5.93. The lowest BCUT2D eigenvalue weighted by Gasteiger charge is -2.22. The van der Waals surface area contributed by atoms with Gasteiger partial charge in [-0.05, 0) is 43.3 Å². The van der Waals surface area contributed by atoms with Crippen LogP contribution in [0.3, 0.4) is 0 Å². The molecule has 0 atom stereocenters. The topological polar surface area (TPSA) is 80.5 Å². The minimum atomic E-state index is -3.82. The number of thiophene rings is 1. The van der Waals surface area contributed by atoms with Crippen molar-refractivity contribution in [2.45, 2.75) is 42.5 Å². The van der Waals surface area contributed by atoms with Crippen molar-refractivity contribution in [2.75, 3.05) is 18.0 Å². The third-order valence-corrected chi connectivity index (χ3v) is 7.96. The highest BCUT2D eigenvalue weighted by Crippen LogP contribution is 2.34. The summed E-state index contributed by atoms with van der Waals surface area (Å²) in [5.41, 5.74) is 2.13. The molecule has 0 N–H and O–H groups in total. The van der Waals surface area contributed by atoms with E-state index in [1.165, 1.54) is 12.8 Å².